The zero-order valence-electron chi connectivity index (χ0n) is 19.0. The highest BCUT2D eigenvalue weighted by Crippen LogP contribution is 2.18. The normalized spacial score (nSPS) is 10.4. The highest BCUT2D eigenvalue weighted by molar-refractivity contribution is 5.98. The molecule has 0 atom stereocenters. The molecule has 1 aromatic heterocycles. The summed E-state index contributed by atoms with van der Waals surface area (Å²) < 4.78 is 15.5. The van der Waals surface area contributed by atoms with Gasteiger partial charge in [0.05, 0.1) is 25.9 Å². The van der Waals surface area contributed by atoms with Crippen molar-refractivity contribution in [3.05, 3.63) is 23.5 Å². The second-order valence-corrected chi connectivity index (χ2v) is 7.29. The summed E-state index contributed by atoms with van der Waals surface area (Å²) in [6.07, 6.45) is 10.6. The lowest BCUT2D eigenvalue weighted by atomic mass is 10.2. The molecule has 8 heteroatoms. The molecule has 31 heavy (non-hydrogen) atoms. The van der Waals surface area contributed by atoms with Crippen LogP contribution >= 0.6 is 0 Å². The van der Waals surface area contributed by atoms with Crippen molar-refractivity contribution in [2.45, 2.75) is 71.6 Å². The molecular formula is C23H36N2O6. The monoisotopic (exact) mass is 436 g/mol. The molecule has 0 saturated carbocycles. The van der Waals surface area contributed by atoms with Crippen LogP contribution in [-0.2, 0) is 14.3 Å². The number of ether oxygens (including phenoxy) is 3. The Morgan fingerprint density at radius 3 is 2.16 bits per heavy atom. The maximum atomic E-state index is 12.3. The van der Waals surface area contributed by atoms with Gasteiger partial charge in [-0.1, -0.05) is 58.8 Å². The number of pyridine rings is 1. The Morgan fingerprint density at radius 1 is 0.903 bits per heavy atom. The lowest BCUT2D eigenvalue weighted by molar-refractivity contribution is -0.142. The summed E-state index contributed by atoms with van der Waals surface area (Å²) in [6.45, 7) is 4.67. The average molecular weight is 437 g/mol. The number of methoxy groups -OCH3 is 1. The van der Waals surface area contributed by atoms with Gasteiger partial charge in [0.1, 0.15) is 6.54 Å². The van der Waals surface area contributed by atoms with E-state index in [4.69, 9.17) is 14.2 Å². The molecule has 0 saturated heterocycles. The van der Waals surface area contributed by atoms with Crippen LogP contribution in [0.15, 0.2) is 12.3 Å². The predicted molar refractivity (Wildman–Crippen MR) is 117 cm³/mol. The molecule has 1 rings (SSSR count). The van der Waals surface area contributed by atoms with Crippen molar-refractivity contribution in [2.24, 2.45) is 0 Å². The average Bonchev–Trinajstić information content (AvgIpc) is 2.78. The fraction of sp³-hybridized carbons (Fsp3) is 0.652. The number of aromatic nitrogens is 1. The molecule has 1 amide bonds. The Kier molecular flexibility index (Phi) is 13.7. The van der Waals surface area contributed by atoms with E-state index >= 15 is 0 Å². The number of hydrogen-bond donors (Lipinski definition) is 1. The largest absolute Gasteiger partial charge is 0.494 e. The fourth-order valence-corrected chi connectivity index (χ4v) is 2.84. The van der Waals surface area contributed by atoms with E-state index in [0.717, 1.165) is 51.4 Å². The number of carbonyl (C=O) groups excluding carboxylic acids is 3. The van der Waals surface area contributed by atoms with Crippen molar-refractivity contribution >= 4 is 17.8 Å². The Morgan fingerprint density at radius 2 is 1.52 bits per heavy atom. The van der Waals surface area contributed by atoms with E-state index in [1.54, 1.807) is 0 Å². The van der Waals surface area contributed by atoms with E-state index in [1.165, 1.54) is 25.8 Å². The van der Waals surface area contributed by atoms with Gasteiger partial charge in [-0.2, -0.15) is 0 Å². The van der Waals surface area contributed by atoms with Gasteiger partial charge in [-0.25, -0.2) is 9.78 Å². The number of esters is 2. The minimum atomic E-state index is -0.587. The van der Waals surface area contributed by atoms with Crippen molar-refractivity contribution in [2.75, 3.05) is 26.9 Å². The third-order valence-electron chi connectivity index (χ3n) is 4.66. The molecule has 174 valence electrons. The smallest absolute Gasteiger partial charge is 0.339 e. The molecule has 8 nitrogen and oxygen atoms in total. The minimum Gasteiger partial charge on any atom is -0.494 e. The van der Waals surface area contributed by atoms with Crippen LogP contribution in [0.3, 0.4) is 0 Å². The van der Waals surface area contributed by atoms with Gasteiger partial charge in [0, 0.05) is 6.20 Å². The Labute approximate surface area is 185 Å². The number of nitrogens with zero attached hydrogens (tertiary/aromatic N) is 1. The molecule has 0 aromatic carbocycles. The molecule has 0 aliphatic carbocycles. The van der Waals surface area contributed by atoms with Crippen LogP contribution in [0.4, 0.5) is 0 Å². The van der Waals surface area contributed by atoms with Gasteiger partial charge in [0.25, 0.3) is 5.91 Å². The van der Waals surface area contributed by atoms with Crippen LogP contribution < -0.4 is 10.1 Å². The van der Waals surface area contributed by atoms with E-state index in [-0.39, 0.29) is 23.6 Å². The van der Waals surface area contributed by atoms with Gasteiger partial charge < -0.3 is 19.5 Å². The van der Waals surface area contributed by atoms with Crippen LogP contribution in [0.25, 0.3) is 0 Å². The van der Waals surface area contributed by atoms with Gasteiger partial charge in [0.15, 0.2) is 11.4 Å². The number of carbonyl (C=O) groups is 3. The molecule has 0 bridgehead atoms. The van der Waals surface area contributed by atoms with Crippen molar-refractivity contribution in [3.63, 3.8) is 0 Å². The first-order chi connectivity index (χ1) is 15.0. The Hall–Kier alpha value is -2.64. The van der Waals surface area contributed by atoms with E-state index in [0.29, 0.717) is 13.2 Å². The summed E-state index contributed by atoms with van der Waals surface area (Å²) in [5.74, 6) is -1.48. The Bertz CT molecular complexity index is 693. The molecule has 0 aliphatic rings. The van der Waals surface area contributed by atoms with Gasteiger partial charge in [-0.05, 0) is 18.9 Å². The van der Waals surface area contributed by atoms with Gasteiger partial charge in [-0.15, -0.1) is 0 Å². The van der Waals surface area contributed by atoms with Crippen molar-refractivity contribution < 1.29 is 28.6 Å². The van der Waals surface area contributed by atoms with E-state index < -0.39 is 17.8 Å². The summed E-state index contributed by atoms with van der Waals surface area (Å²) in [4.78, 5) is 40.3. The van der Waals surface area contributed by atoms with E-state index in [9.17, 15) is 14.4 Å². The molecular weight excluding hydrogens is 400 g/mol. The van der Waals surface area contributed by atoms with E-state index in [2.05, 4.69) is 24.1 Å². The molecule has 1 aromatic rings. The van der Waals surface area contributed by atoms with Gasteiger partial charge >= 0.3 is 11.9 Å². The number of hydrogen-bond acceptors (Lipinski definition) is 7. The highest BCUT2D eigenvalue weighted by atomic mass is 16.5. The summed E-state index contributed by atoms with van der Waals surface area (Å²) in [7, 11) is 1.38. The van der Waals surface area contributed by atoms with Crippen molar-refractivity contribution in [1.82, 2.24) is 10.3 Å². The number of unbranched alkanes of at least 4 members (excludes halogenated alkanes) is 7. The maximum Gasteiger partial charge on any atom is 0.339 e. The Balaban J connectivity index is 2.49. The summed E-state index contributed by atoms with van der Waals surface area (Å²) in [5.41, 5.74) is 0.183. The molecule has 0 aliphatic heterocycles. The summed E-state index contributed by atoms with van der Waals surface area (Å²) in [6, 6.07) is 1.41. The van der Waals surface area contributed by atoms with Crippen LogP contribution in [0.2, 0.25) is 0 Å². The van der Waals surface area contributed by atoms with Gasteiger partial charge in [-0.3, -0.25) is 9.59 Å². The van der Waals surface area contributed by atoms with Crippen LogP contribution in [0.5, 0.6) is 5.75 Å². The van der Waals surface area contributed by atoms with Crippen LogP contribution in [-0.4, -0.2) is 49.7 Å². The molecule has 1 heterocycles. The molecule has 0 unspecified atom stereocenters. The highest BCUT2D eigenvalue weighted by Gasteiger charge is 2.18. The quantitative estimate of drug-likeness (QED) is 0.308. The number of amides is 1. The second kappa shape index (κ2) is 16.1. The minimum absolute atomic E-state index is 0.0191. The first-order valence-electron chi connectivity index (χ1n) is 11.2. The second-order valence-electron chi connectivity index (χ2n) is 7.29. The fourth-order valence-electron chi connectivity index (χ4n) is 2.84. The lowest BCUT2D eigenvalue weighted by Crippen LogP contribution is -2.31. The SMILES string of the molecule is CCCCCCCOC(=O)c1cnc(C(=O)NCC(=O)OCCCCCC)c(OC)c1. The van der Waals surface area contributed by atoms with Crippen LogP contribution in [0, 0.1) is 0 Å². The summed E-state index contributed by atoms with van der Waals surface area (Å²) >= 11 is 0. The third-order valence-corrected chi connectivity index (χ3v) is 4.66. The van der Waals surface area contributed by atoms with E-state index in [1.807, 2.05) is 0 Å². The zero-order valence-corrected chi connectivity index (χ0v) is 19.0. The standard InChI is InChI=1S/C23H36N2O6/c1-4-6-8-10-12-14-31-23(28)18-15-19(29-3)21(24-16-18)22(27)25-17-20(26)30-13-11-9-7-5-2/h15-16H,4-14,17H2,1-3H3,(H,25,27). The lowest BCUT2D eigenvalue weighted by Gasteiger charge is -2.10. The maximum absolute atomic E-state index is 12.3. The molecule has 0 spiro atoms. The zero-order chi connectivity index (χ0) is 22.9. The van der Waals surface area contributed by atoms with Crippen molar-refractivity contribution in [3.8, 4) is 5.75 Å². The van der Waals surface area contributed by atoms with Crippen molar-refractivity contribution in [1.29, 1.82) is 0 Å². The molecule has 0 radical (unpaired) electrons. The summed E-state index contributed by atoms with van der Waals surface area (Å²) in [5, 5.41) is 2.46. The van der Waals surface area contributed by atoms with Crippen LogP contribution in [0.1, 0.15) is 92.5 Å². The number of rotatable bonds is 16. The third kappa shape index (κ3) is 10.8. The predicted octanol–water partition coefficient (Wildman–Crippen LogP) is 4.07. The first-order valence-corrected chi connectivity index (χ1v) is 11.2. The number of nitrogens with one attached hydrogen (secondary N) is 1. The first kappa shape index (κ1) is 26.4. The molecule has 1 N–H and O–H groups in total. The van der Waals surface area contributed by atoms with Gasteiger partial charge in [0.2, 0.25) is 0 Å². The molecule has 0 fully saturated rings. The topological polar surface area (TPSA) is 104 Å².